The minimum Gasteiger partial charge on any atom is -0.478 e. The maximum atomic E-state index is 10.6. The molecular formula is C10H10N2O2S. The van der Waals surface area contributed by atoms with Crippen molar-refractivity contribution in [1.29, 1.82) is 0 Å². The van der Waals surface area contributed by atoms with Crippen molar-refractivity contribution >= 4 is 17.3 Å². The van der Waals surface area contributed by atoms with Gasteiger partial charge in [-0.15, -0.1) is 11.3 Å². The number of aromatic nitrogens is 2. The van der Waals surface area contributed by atoms with Crippen LogP contribution in [0.4, 0.5) is 0 Å². The molecule has 0 saturated carbocycles. The molecule has 0 bridgehead atoms. The van der Waals surface area contributed by atoms with Gasteiger partial charge in [0, 0.05) is 11.1 Å². The highest BCUT2D eigenvalue weighted by molar-refractivity contribution is 7.10. The summed E-state index contributed by atoms with van der Waals surface area (Å²) >= 11 is 1.68. The third-order valence-electron chi connectivity index (χ3n) is 2.01. The van der Waals surface area contributed by atoms with E-state index in [2.05, 4.69) is 16.5 Å². The van der Waals surface area contributed by atoms with E-state index < -0.39 is 5.97 Å². The van der Waals surface area contributed by atoms with Gasteiger partial charge in [0.2, 0.25) is 0 Å². The highest BCUT2D eigenvalue weighted by Crippen LogP contribution is 2.14. The summed E-state index contributed by atoms with van der Waals surface area (Å²) in [4.78, 5) is 11.9. The second-order valence-electron chi connectivity index (χ2n) is 3.30. The first-order valence-electron chi connectivity index (χ1n) is 4.45. The van der Waals surface area contributed by atoms with Gasteiger partial charge in [0.1, 0.15) is 0 Å². The average molecular weight is 222 g/mol. The fourth-order valence-corrected chi connectivity index (χ4v) is 2.03. The van der Waals surface area contributed by atoms with Crippen molar-refractivity contribution in [3.8, 4) is 0 Å². The van der Waals surface area contributed by atoms with E-state index in [4.69, 9.17) is 5.11 Å². The summed E-state index contributed by atoms with van der Waals surface area (Å²) in [6, 6.07) is 2.08. The van der Waals surface area contributed by atoms with Gasteiger partial charge in [-0.25, -0.2) is 4.79 Å². The predicted octanol–water partition coefficient (Wildman–Crippen LogP) is 2.00. The van der Waals surface area contributed by atoms with Crippen LogP contribution < -0.4 is 0 Å². The fourth-order valence-electron chi connectivity index (χ4n) is 1.33. The average Bonchev–Trinajstić information content (AvgIpc) is 2.76. The molecule has 0 amide bonds. The van der Waals surface area contributed by atoms with Crippen LogP contribution in [0, 0.1) is 6.92 Å². The van der Waals surface area contributed by atoms with Gasteiger partial charge in [-0.1, -0.05) is 0 Å². The first kappa shape index (κ1) is 9.92. The molecule has 15 heavy (non-hydrogen) atoms. The van der Waals surface area contributed by atoms with Crippen LogP contribution in [-0.4, -0.2) is 20.9 Å². The second-order valence-corrected chi connectivity index (χ2v) is 4.41. The van der Waals surface area contributed by atoms with Crippen molar-refractivity contribution in [2.75, 3.05) is 0 Å². The van der Waals surface area contributed by atoms with Gasteiger partial charge in [0.25, 0.3) is 0 Å². The molecule has 2 aromatic heterocycles. The Morgan fingerprint density at radius 1 is 1.67 bits per heavy atom. The van der Waals surface area contributed by atoms with Gasteiger partial charge in [-0.3, -0.25) is 4.68 Å². The van der Waals surface area contributed by atoms with Crippen molar-refractivity contribution in [2.45, 2.75) is 13.5 Å². The number of carbonyl (C=O) groups is 1. The summed E-state index contributed by atoms with van der Waals surface area (Å²) in [6.07, 6.45) is 2.90. The molecule has 0 unspecified atom stereocenters. The molecule has 1 N–H and O–H groups in total. The molecule has 0 atom stereocenters. The molecule has 0 aliphatic rings. The van der Waals surface area contributed by atoms with Gasteiger partial charge < -0.3 is 5.11 Å². The minimum absolute atomic E-state index is 0.224. The Kier molecular flexibility index (Phi) is 2.55. The molecule has 0 radical (unpaired) electrons. The first-order chi connectivity index (χ1) is 7.15. The third-order valence-corrected chi connectivity index (χ3v) is 2.92. The zero-order valence-corrected chi connectivity index (χ0v) is 8.99. The van der Waals surface area contributed by atoms with Crippen molar-refractivity contribution in [3.05, 3.63) is 39.8 Å². The number of thiophene rings is 1. The molecule has 2 heterocycles. The number of carboxylic acid groups (broad SMARTS) is 1. The number of aryl methyl sites for hydroxylation is 1. The predicted molar refractivity (Wildman–Crippen MR) is 57.3 cm³/mol. The molecule has 0 aliphatic carbocycles. The second kappa shape index (κ2) is 3.86. The Balaban J connectivity index is 2.14. The van der Waals surface area contributed by atoms with Gasteiger partial charge in [0.15, 0.2) is 0 Å². The summed E-state index contributed by atoms with van der Waals surface area (Å²) in [6.45, 7) is 2.66. The number of rotatable bonds is 3. The Bertz CT molecular complexity index is 487. The fraction of sp³-hybridized carbons (Fsp3) is 0.200. The van der Waals surface area contributed by atoms with E-state index in [9.17, 15) is 4.79 Å². The molecule has 5 heteroatoms. The van der Waals surface area contributed by atoms with Crippen LogP contribution in [-0.2, 0) is 6.54 Å². The quantitative estimate of drug-likeness (QED) is 0.864. The van der Waals surface area contributed by atoms with Crippen LogP contribution in [0.5, 0.6) is 0 Å². The lowest BCUT2D eigenvalue weighted by Crippen LogP contribution is -1.99. The third kappa shape index (κ3) is 2.24. The molecule has 78 valence electrons. The van der Waals surface area contributed by atoms with Gasteiger partial charge in [-0.2, -0.15) is 5.10 Å². The zero-order chi connectivity index (χ0) is 10.8. The summed E-state index contributed by atoms with van der Waals surface area (Å²) in [7, 11) is 0. The van der Waals surface area contributed by atoms with Crippen molar-refractivity contribution in [3.63, 3.8) is 0 Å². The Hall–Kier alpha value is -1.62. The summed E-state index contributed by atoms with van der Waals surface area (Å²) in [5.74, 6) is -0.942. The van der Waals surface area contributed by atoms with Gasteiger partial charge >= 0.3 is 5.97 Å². The minimum atomic E-state index is -0.942. The van der Waals surface area contributed by atoms with Crippen LogP contribution in [0.1, 0.15) is 20.8 Å². The van der Waals surface area contributed by atoms with E-state index in [1.165, 1.54) is 17.3 Å². The lowest BCUT2D eigenvalue weighted by molar-refractivity contribution is 0.0697. The van der Waals surface area contributed by atoms with E-state index in [0.29, 0.717) is 6.54 Å². The van der Waals surface area contributed by atoms with Crippen LogP contribution >= 0.6 is 11.3 Å². The standard InChI is InChI=1S/C10H10N2O2S/c1-7-2-8(6-15-7)4-12-5-9(3-11-12)10(13)14/h2-3,5-6H,4H2,1H3,(H,13,14). The first-order valence-corrected chi connectivity index (χ1v) is 5.33. The van der Waals surface area contributed by atoms with Crippen LogP contribution in [0.15, 0.2) is 23.8 Å². The number of aromatic carboxylic acids is 1. The highest BCUT2D eigenvalue weighted by atomic mass is 32.1. The Morgan fingerprint density at radius 2 is 2.47 bits per heavy atom. The van der Waals surface area contributed by atoms with Crippen LogP contribution in [0.25, 0.3) is 0 Å². The molecular weight excluding hydrogens is 212 g/mol. The highest BCUT2D eigenvalue weighted by Gasteiger charge is 2.06. The maximum absolute atomic E-state index is 10.6. The van der Waals surface area contributed by atoms with Gasteiger partial charge in [0.05, 0.1) is 18.3 Å². The number of carboxylic acids is 1. The number of hydrogen-bond donors (Lipinski definition) is 1. The maximum Gasteiger partial charge on any atom is 0.338 e. The molecule has 0 fully saturated rings. The smallest absolute Gasteiger partial charge is 0.338 e. The largest absolute Gasteiger partial charge is 0.478 e. The summed E-state index contributed by atoms with van der Waals surface area (Å²) in [5.41, 5.74) is 1.37. The lowest BCUT2D eigenvalue weighted by Gasteiger charge is -1.96. The molecule has 0 saturated heterocycles. The molecule has 0 aromatic carbocycles. The van der Waals surface area contributed by atoms with E-state index in [1.54, 1.807) is 16.0 Å². The SMILES string of the molecule is Cc1cc(Cn2cc(C(=O)O)cn2)cs1. The monoisotopic (exact) mass is 222 g/mol. The van der Waals surface area contributed by atoms with Gasteiger partial charge in [-0.05, 0) is 23.9 Å². The molecule has 2 aromatic rings. The zero-order valence-electron chi connectivity index (χ0n) is 8.17. The normalized spacial score (nSPS) is 10.5. The van der Waals surface area contributed by atoms with E-state index in [1.807, 2.05) is 6.92 Å². The van der Waals surface area contributed by atoms with E-state index >= 15 is 0 Å². The number of hydrogen-bond acceptors (Lipinski definition) is 3. The summed E-state index contributed by atoms with van der Waals surface area (Å²) < 4.78 is 1.63. The van der Waals surface area contributed by atoms with Crippen molar-refractivity contribution in [2.24, 2.45) is 0 Å². The lowest BCUT2D eigenvalue weighted by atomic mass is 10.3. The summed E-state index contributed by atoms with van der Waals surface area (Å²) in [5, 5.41) is 14.8. The van der Waals surface area contributed by atoms with E-state index in [0.717, 1.165) is 5.56 Å². The molecule has 0 aliphatic heterocycles. The molecule has 2 rings (SSSR count). The Morgan fingerprint density at radius 3 is 3.00 bits per heavy atom. The van der Waals surface area contributed by atoms with Crippen LogP contribution in [0.2, 0.25) is 0 Å². The Labute approximate surface area is 90.8 Å². The topological polar surface area (TPSA) is 55.1 Å². The van der Waals surface area contributed by atoms with Crippen molar-refractivity contribution < 1.29 is 9.90 Å². The molecule has 4 nitrogen and oxygen atoms in total. The number of nitrogens with zero attached hydrogens (tertiary/aromatic N) is 2. The van der Waals surface area contributed by atoms with Crippen molar-refractivity contribution in [1.82, 2.24) is 9.78 Å². The molecule has 0 spiro atoms. The van der Waals surface area contributed by atoms with Crippen LogP contribution in [0.3, 0.4) is 0 Å². The van der Waals surface area contributed by atoms with E-state index in [-0.39, 0.29) is 5.56 Å².